The molecular formula is C24H17N3O3. The molecule has 0 spiro atoms. The minimum absolute atomic E-state index is 0.253. The largest absolute Gasteiger partial charge is 0.467 e. The minimum atomic E-state index is -0.253. The van der Waals surface area contributed by atoms with Crippen molar-refractivity contribution in [1.82, 2.24) is 15.5 Å². The van der Waals surface area contributed by atoms with E-state index < -0.39 is 0 Å². The molecule has 5 rings (SSSR count). The molecule has 3 aromatic heterocycles. The van der Waals surface area contributed by atoms with Crippen molar-refractivity contribution in [2.45, 2.75) is 6.54 Å². The molecule has 0 aliphatic rings. The number of rotatable bonds is 5. The lowest BCUT2D eigenvalue weighted by atomic mass is 10.0. The second-order valence-corrected chi connectivity index (χ2v) is 6.76. The molecule has 146 valence electrons. The zero-order valence-electron chi connectivity index (χ0n) is 15.9. The average molecular weight is 395 g/mol. The number of carbonyl (C=O) groups excluding carboxylic acids is 1. The fraction of sp³-hybridized carbons (Fsp3) is 0.0417. The number of nitrogens with one attached hydrogen (secondary N) is 1. The summed E-state index contributed by atoms with van der Waals surface area (Å²) >= 11 is 0. The van der Waals surface area contributed by atoms with Gasteiger partial charge in [-0.3, -0.25) is 4.79 Å². The van der Waals surface area contributed by atoms with Gasteiger partial charge in [-0.1, -0.05) is 65.8 Å². The van der Waals surface area contributed by atoms with Crippen molar-refractivity contribution in [3.05, 3.63) is 96.4 Å². The van der Waals surface area contributed by atoms with Crippen molar-refractivity contribution >= 4 is 17.0 Å². The van der Waals surface area contributed by atoms with E-state index in [4.69, 9.17) is 8.94 Å². The van der Waals surface area contributed by atoms with Gasteiger partial charge in [0.2, 0.25) is 0 Å². The molecule has 0 fully saturated rings. The van der Waals surface area contributed by atoms with Crippen molar-refractivity contribution in [3.8, 4) is 22.5 Å². The van der Waals surface area contributed by atoms with Crippen molar-refractivity contribution in [1.29, 1.82) is 0 Å². The highest BCUT2D eigenvalue weighted by Gasteiger charge is 2.22. The summed E-state index contributed by atoms with van der Waals surface area (Å²) in [5.74, 6) is 0.418. The number of carbonyl (C=O) groups is 1. The molecule has 6 heteroatoms. The lowest BCUT2D eigenvalue weighted by molar-refractivity contribution is 0.0949. The molecule has 0 bridgehead atoms. The predicted octanol–water partition coefficient (Wildman–Crippen LogP) is 5.08. The Morgan fingerprint density at radius 2 is 1.63 bits per heavy atom. The summed E-state index contributed by atoms with van der Waals surface area (Å²) in [7, 11) is 0. The van der Waals surface area contributed by atoms with Crippen molar-refractivity contribution < 1.29 is 13.7 Å². The molecule has 0 unspecified atom stereocenters. The quantitative estimate of drug-likeness (QED) is 0.449. The summed E-state index contributed by atoms with van der Waals surface area (Å²) < 4.78 is 10.9. The maximum absolute atomic E-state index is 13.2. The third-order valence-corrected chi connectivity index (χ3v) is 4.81. The molecule has 0 saturated heterocycles. The van der Waals surface area contributed by atoms with Gasteiger partial charge in [0.15, 0.2) is 0 Å². The number of pyridine rings is 1. The van der Waals surface area contributed by atoms with E-state index in [1.165, 1.54) is 0 Å². The van der Waals surface area contributed by atoms with Crippen LogP contribution >= 0.6 is 0 Å². The zero-order valence-corrected chi connectivity index (χ0v) is 15.9. The highest BCUT2D eigenvalue weighted by atomic mass is 16.5. The lowest BCUT2D eigenvalue weighted by Gasteiger charge is -2.08. The number of hydrogen-bond acceptors (Lipinski definition) is 5. The monoisotopic (exact) mass is 395 g/mol. The molecule has 0 radical (unpaired) electrons. The van der Waals surface area contributed by atoms with Crippen LogP contribution in [0, 0.1) is 0 Å². The van der Waals surface area contributed by atoms with Crippen LogP contribution in [0.25, 0.3) is 33.6 Å². The van der Waals surface area contributed by atoms with Gasteiger partial charge in [-0.2, -0.15) is 0 Å². The van der Waals surface area contributed by atoms with Crippen LogP contribution < -0.4 is 5.32 Å². The Hall–Kier alpha value is -4.19. The molecule has 0 atom stereocenters. The Labute approximate surface area is 172 Å². The van der Waals surface area contributed by atoms with Crippen LogP contribution in [0.2, 0.25) is 0 Å². The number of fused-ring (bicyclic) bond motifs is 1. The molecule has 5 aromatic rings. The Balaban J connectivity index is 1.64. The maximum atomic E-state index is 13.2. The second-order valence-electron chi connectivity index (χ2n) is 6.76. The van der Waals surface area contributed by atoms with Crippen molar-refractivity contribution in [3.63, 3.8) is 0 Å². The zero-order chi connectivity index (χ0) is 20.3. The van der Waals surface area contributed by atoms with Gasteiger partial charge in [-0.15, -0.1) is 0 Å². The summed E-state index contributed by atoms with van der Waals surface area (Å²) in [5, 5.41) is 7.71. The van der Waals surface area contributed by atoms with E-state index in [1.54, 1.807) is 18.4 Å². The SMILES string of the molecule is O=C(NCc1ccco1)c1cc(-c2ccccc2)nc2onc(-c3ccccc3)c12. The summed E-state index contributed by atoms with van der Waals surface area (Å²) in [6, 6.07) is 24.6. The molecule has 1 N–H and O–H groups in total. The van der Waals surface area contributed by atoms with E-state index in [2.05, 4.69) is 15.5 Å². The standard InChI is InChI=1S/C24H17N3O3/c28-23(25-15-18-12-7-13-29-18)19-14-20(16-8-3-1-4-9-16)26-24-21(19)22(27-30-24)17-10-5-2-6-11-17/h1-14H,15H2,(H,25,28). The van der Waals surface area contributed by atoms with Gasteiger partial charge in [0.25, 0.3) is 11.6 Å². The van der Waals surface area contributed by atoms with Crippen LogP contribution in [-0.2, 0) is 6.54 Å². The second kappa shape index (κ2) is 7.67. The van der Waals surface area contributed by atoms with Gasteiger partial charge in [-0.25, -0.2) is 4.98 Å². The van der Waals surface area contributed by atoms with Gasteiger partial charge >= 0.3 is 0 Å². The van der Waals surface area contributed by atoms with E-state index >= 15 is 0 Å². The van der Waals surface area contributed by atoms with Gasteiger partial charge in [-0.05, 0) is 18.2 Å². The van der Waals surface area contributed by atoms with Crippen LogP contribution in [-0.4, -0.2) is 16.0 Å². The Kier molecular flexibility index (Phi) is 4.57. The van der Waals surface area contributed by atoms with Gasteiger partial charge < -0.3 is 14.3 Å². The number of benzene rings is 2. The molecule has 2 aromatic carbocycles. The number of furan rings is 1. The molecule has 1 amide bonds. The van der Waals surface area contributed by atoms with Gasteiger partial charge in [0.05, 0.1) is 29.5 Å². The van der Waals surface area contributed by atoms with Crippen LogP contribution in [0.4, 0.5) is 0 Å². The first-order chi connectivity index (χ1) is 14.8. The normalized spacial score (nSPS) is 10.9. The Morgan fingerprint density at radius 1 is 0.900 bits per heavy atom. The van der Waals surface area contributed by atoms with Crippen LogP contribution in [0.15, 0.2) is 94.1 Å². The molecular weight excluding hydrogens is 378 g/mol. The topological polar surface area (TPSA) is 81.2 Å². The first-order valence-electron chi connectivity index (χ1n) is 9.51. The van der Waals surface area contributed by atoms with Gasteiger partial charge in [0, 0.05) is 11.1 Å². The van der Waals surface area contributed by atoms with E-state index in [-0.39, 0.29) is 12.5 Å². The summed E-state index contributed by atoms with van der Waals surface area (Å²) in [5.41, 5.74) is 3.73. The molecule has 0 saturated carbocycles. The molecule has 0 aliphatic heterocycles. The van der Waals surface area contributed by atoms with E-state index in [0.717, 1.165) is 11.1 Å². The molecule has 3 heterocycles. The first-order valence-corrected chi connectivity index (χ1v) is 9.51. The first kappa shape index (κ1) is 17.9. The highest BCUT2D eigenvalue weighted by Crippen LogP contribution is 2.32. The van der Waals surface area contributed by atoms with Gasteiger partial charge in [0.1, 0.15) is 11.5 Å². The van der Waals surface area contributed by atoms with Crippen LogP contribution in [0.1, 0.15) is 16.1 Å². The summed E-state index contributed by atoms with van der Waals surface area (Å²) in [6.45, 7) is 0.280. The lowest BCUT2D eigenvalue weighted by Crippen LogP contribution is -2.23. The summed E-state index contributed by atoms with van der Waals surface area (Å²) in [6.07, 6.45) is 1.58. The Bertz CT molecular complexity index is 1290. The van der Waals surface area contributed by atoms with Crippen molar-refractivity contribution in [2.75, 3.05) is 0 Å². The minimum Gasteiger partial charge on any atom is -0.467 e. The summed E-state index contributed by atoms with van der Waals surface area (Å²) in [4.78, 5) is 17.8. The highest BCUT2D eigenvalue weighted by molar-refractivity contribution is 6.10. The third-order valence-electron chi connectivity index (χ3n) is 4.81. The smallest absolute Gasteiger partial charge is 0.259 e. The molecule has 30 heavy (non-hydrogen) atoms. The van der Waals surface area contributed by atoms with E-state index in [9.17, 15) is 4.79 Å². The molecule has 0 aliphatic carbocycles. The third kappa shape index (κ3) is 3.35. The fourth-order valence-corrected chi connectivity index (χ4v) is 3.36. The number of nitrogens with zero attached hydrogens (tertiary/aromatic N) is 2. The van der Waals surface area contributed by atoms with Crippen LogP contribution in [0.5, 0.6) is 0 Å². The fourth-order valence-electron chi connectivity index (χ4n) is 3.36. The molecule has 6 nitrogen and oxygen atoms in total. The van der Waals surface area contributed by atoms with Crippen molar-refractivity contribution in [2.24, 2.45) is 0 Å². The number of aromatic nitrogens is 2. The Morgan fingerprint density at radius 3 is 2.33 bits per heavy atom. The number of amides is 1. The maximum Gasteiger partial charge on any atom is 0.259 e. The number of hydrogen-bond donors (Lipinski definition) is 1. The van der Waals surface area contributed by atoms with Crippen LogP contribution in [0.3, 0.4) is 0 Å². The van der Waals surface area contributed by atoms with E-state index in [0.29, 0.717) is 33.8 Å². The predicted molar refractivity (Wildman–Crippen MR) is 113 cm³/mol. The average Bonchev–Trinajstić information content (AvgIpc) is 3.48. The van der Waals surface area contributed by atoms with E-state index in [1.807, 2.05) is 66.7 Å².